The van der Waals surface area contributed by atoms with Crippen molar-refractivity contribution in [3.05, 3.63) is 29.8 Å². The van der Waals surface area contributed by atoms with E-state index in [1.54, 1.807) is 24.3 Å². The molecule has 2 atom stereocenters. The van der Waals surface area contributed by atoms with E-state index in [4.69, 9.17) is 4.74 Å². The average Bonchev–Trinajstić information content (AvgIpc) is 2.97. The van der Waals surface area contributed by atoms with Crippen molar-refractivity contribution >= 4 is 9.84 Å². The first-order chi connectivity index (χ1) is 9.85. The molecule has 0 aliphatic carbocycles. The van der Waals surface area contributed by atoms with Crippen LogP contribution in [0.25, 0.3) is 0 Å². The Bertz CT molecular complexity index is 564. The molecule has 1 heterocycles. The SMILES string of the molecule is CC(CO)(NCC1CCCO1)c1ccc(S(C)(=O)=O)cc1. The lowest BCUT2D eigenvalue weighted by atomic mass is 9.92. The zero-order valence-electron chi connectivity index (χ0n) is 12.5. The minimum absolute atomic E-state index is 0.0715. The van der Waals surface area contributed by atoms with E-state index in [9.17, 15) is 13.5 Å². The van der Waals surface area contributed by atoms with Crippen molar-refractivity contribution in [1.82, 2.24) is 5.32 Å². The lowest BCUT2D eigenvalue weighted by Gasteiger charge is -2.31. The van der Waals surface area contributed by atoms with E-state index < -0.39 is 15.4 Å². The maximum atomic E-state index is 11.5. The fraction of sp³-hybridized carbons (Fsp3) is 0.600. The Labute approximate surface area is 126 Å². The molecule has 6 heteroatoms. The van der Waals surface area contributed by atoms with Gasteiger partial charge in [0.25, 0.3) is 0 Å². The zero-order valence-corrected chi connectivity index (χ0v) is 13.3. The molecule has 0 bridgehead atoms. The average molecular weight is 313 g/mol. The highest BCUT2D eigenvalue weighted by atomic mass is 32.2. The van der Waals surface area contributed by atoms with E-state index in [1.807, 2.05) is 6.92 Å². The van der Waals surface area contributed by atoms with Crippen LogP contribution in [0.3, 0.4) is 0 Å². The predicted octanol–water partition coefficient (Wildman–Crippen LogP) is 1.07. The van der Waals surface area contributed by atoms with Crippen molar-refractivity contribution in [3.8, 4) is 0 Å². The number of aliphatic hydroxyl groups excluding tert-OH is 1. The molecule has 0 aromatic heterocycles. The Kier molecular flexibility index (Phi) is 5.03. The van der Waals surface area contributed by atoms with Crippen molar-refractivity contribution in [2.24, 2.45) is 0 Å². The maximum Gasteiger partial charge on any atom is 0.175 e. The van der Waals surface area contributed by atoms with Crippen LogP contribution in [0.15, 0.2) is 29.2 Å². The molecule has 0 radical (unpaired) electrons. The molecule has 118 valence electrons. The van der Waals surface area contributed by atoms with Gasteiger partial charge < -0.3 is 15.2 Å². The van der Waals surface area contributed by atoms with Gasteiger partial charge in [0.15, 0.2) is 9.84 Å². The first kappa shape index (κ1) is 16.4. The standard InChI is InChI=1S/C15H23NO4S/c1-15(11-17,16-10-13-4-3-9-20-13)12-5-7-14(8-6-12)21(2,18)19/h5-8,13,16-17H,3-4,9-11H2,1-2H3. The lowest BCUT2D eigenvalue weighted by Crippen LogP contribution is -2.46. The third kappa shape index (κ3) is 4.03. The monoisotopic (exact) mass is 313 g/mol. The fourth-order valence-corrected chi connectivity index (χ4v) is 3.09. The van der Waals surface area contributed by atoms with Crippen LogP contribution in [0, 0.1) is 0 Å². The van der Waals surface area contributed by atoms with Gasteiger partial charge in [0, 0.05) is 19.4 Å². The van der Waals surface area contributed by atoms with Gasteiger partial charge in [-0.15, -0.1) is 0 Å². The predicted molar refractivity (Wildman–Crippen MR) is 81.0 cm³/mol. The number of sulfone groups is 1. The van der Waals surface area contributed by atoms with Crippen LogP contribution in [-0.4, -0.2) is 45.6 Å². The van der Waals surface area contributed by atoms with E-state index in [0.717, 1.165) is 25.0 Å². The topological polar surface area (TPSA) is 75.6 Å². The molecular weight excluding hydrogens is 290 g/mol. The Balaban J connectivity index is 2.11. The molecule has 1 saturated heterocycles. The number of rotatable bonds is 6. The summed E-state index contributed by atoms with van der Waals surface area (Å²) < 4.78 is 28.5. The number of hydrogen-bond donors (Lipinski definition) is 2. The minimum atomic E-state index is -3.20. The van der Waals surface area contributed by atoms with Gasteiger partial charge in [-0.1, -0.05) is 12.1 Å². The molecule has 2 rings (SSSR count). The smallest absolute Gasteiger partial charge is 0.175 e. The van der Waals surface area contributed by atoms with Gasteiger partial charge in [0.2, 0.25) is 0 Å². The summed E-state index contributed by atoms with van der Waals surface area (Å²) in [7, 11) is -3.20. The van der Waals surface area contributed by atoms with Gasteiger partial charge in [-0.25, -0.2) is 8.42 Å². The highest BCUT2D eigenvalue weighted by Gasteiger charge is 2.27. The maximum absolute atomic E-state index is 11.5. The molecule has 0 spiro atoms. The normalized spacial score (nSPS) is 22.1. The van der Waals surface area contributed by atoms with E-state index in [2.05, 4.69) is 5.32 Å². The quantitative estimate of drug-likeness (QED) is 0.821. The summed E-state index contributed by atoms with van der Waals surface area (Å²) in [5.41, 5.74) is 0.248. The van der Waals surface area contributed by atoms with Crippen molar-refractivity contribution in [2.45, 2.75) is 36.3 Å². The summed E-state index contributed by atoms with van der Waals surface area (Å²) in [4.78, 5) is 0.283. The minimum Gasteiger partial charge on any atom is -0.394 e. The summed E-state index contributed by atoms with van der Waals surface area (Å²) in [5, 5.41) is 13.1. The highest BCUT2D eigenvalue weighted by Crippen LogP contribution is 2.23. The van der Waals surface area contributed by atoms with Gasteiger partial charge >= 0.3 is 0 Å². The van der Waals surface area contributed by atoms with Gasteiger partial charge in [0.1, 0.15) is 0 Å². The third-order valence-electron chi connectivity index (χ3n) is 3.98. The van der Waals surface area contributed by atoms with Crippen LogP contribution in [0.1, 0.15) is 25.3 Å². The zero-order chi connectivity index (χ0) is 15.5. The largest absolute Gasteiger partial charge is 0.394 e. The van der Waals surface area contributed by atoms with E-state index in [1.165, 1.54) is 6.26 Å². The van der Waals surface area contributed by atoms with Crippen LogP contribution in [0.4, 0.5) is 0 Å². The molecule has 1 aromatic carbocycles. The summed E-state index contributed by atoms with van der Waals surface area (Å²) in [5.74, 6) is 0. The second kappa shape index (κ2) is 6.44. The summed E-state index contributed by atoms with van der Waals surface area (Å²) in [6, 6.07) is 6.64. The third-order valence-corrected chi connectivity index (χ3v) is 5.11. The fourth-order valence-electron chi connectivity index (χ4n) is 2.46. The van der Waals surface area contributed by atoms with Crippen LogP contribution in [0.5, 0.6) is 0 Å². The molecule has 2 unspecified atom stereocenters. The Hall–Kier alpha value is -0.950. The van der Waals surface area contributed by atoms with Crippen LogP contribution in [-0.2, 0) is 20.1 Å². The second-order valence-corrected chi connectivity index (χ2v) is 7.82. The van der Waals surface area contributed by atoms with Crippen LogP contribution < -0.4 is 5.32 Å². The highest BCUT2D eigenvalue weighted by molar-refractivity contribution is 7.90. The van der Waals surface area contributed by atoms with E-state index >= 15 is 0 Å². The first-order valence-electron chi connectivity index (χ1n) is 7.13. The lowest BCUT2D eigenvalue weighted by molar-refractivity contribution is 0.0910. The molecule has 1 fully saturated rings. The first-order valence-corrected chi connectivity index (χ1v) is 9.02. The van der Waals surface area contributed by atoms with Crippen LogP contribution >= 0.6 is 0 Å². The number of benzene rings is 1. The molecule has 5 nitrogen and oxygen atoms in total. The molecule has 21 heavy (non-hydrogen) atoms. The summed E-state index contributed by atoms with van der Waals surface area (Å²) >= 11 is 0. The van der Waals surface area contributed by atoms with Gasteiger partial charge in [-0.2, -0.15) is 0 Å². The van der Waals surface area contributed by atoms with Gasteiger partial charge in [-0.05, 0) is 37.5 Å². The number of aliphatic hydroxyl groups is 1. The second-order valence-electron chi connectivity index (χ2n) is 5.80. The van der Waals surface area contributed by atoms with Crippen molar-refractivity contribution in [3.63, 3.8) is 0 Å². The van der Waals surface area contributed by atoms with Crippen LogP contribution in [0.2, 0.25) is 0 Å². The molecular formula is C15H23NO4S. The number of hydrogen-bond acceptors (Lipinski definition) is 5. The van der Waals surface area contributed by atoms with Gasteiger partial charge in [0.05, 0.1) is 23.1 Å². The number of nitrogens with one attached hydrogen (secondary N) is 1. The Morgan fingerprint density at radius 3 is 2.52 bits per heavy atom. The summed E-state index contributed by atoms with van der Waals surface area (Å²) in [6.45, 7) is 3.30. The molecule has 0 amide bonds. The van der Waals surface area contributed by atoms with E-state index in [0.29, 0.717) is 6.54 Å². The van der Waals surface area contributed by atoms with Crippen molar-refractivity contribution in [2.75, 3.05) is 26.0 Å². The summed E-state index contributed by atoms with van der Waals surface area (Å²) in [6.07, 6.45) is 3.47. The molecule has 1 aromatic rings. The van der Waals surface area contributed by atoms with Gasteiger partial charge in [-0.3, -0.25) is 0 Å². The Morgan fingerprint density at radius 2 is 2.05 bits per heavy atom. The van der Waals surface area contributed by atoms with Crippen molar-refractivity contribution < 1.29 is 18.3 Å². The molecule has 1 aliphatic heterocycles. The van der Waals surface area contributed by atoms with Crippen molar-refractivity contribution in [1.29, 1.82) is 0 Å². The Morgan fingerprint density at radius 1 is 1.38 bits per heavy atom. The molecule has 1 aliphatic rings. The number of ether oxygens (including phenoxy) is 1. The van der Waals surface area contributed by atoms with E-state index in [-0.39, 0.29) is 17.6 Å². The molecule has 0 saturated carbocycles. The molecule has 2 N–H and O–H groups in total.